The number of likely N-dealkylation sites (N-methyl/N-ethyl adjacent to an activating group) is 1. The number of likely N-dealkylation sites (tertiary alicyclic amines) is 1. The lowest BCUT2D eigenvalue weighted by molar-refractivity contribution is 0.128. The summed E-state index contributed by atoms with van der Waals surface area (Å²) >= 11 is 1.88. The molecule has 178 valence electrons. The van der Waals surface area contributed by atoms with E-state index in [0.717, 1.165) is 32.0 Å². The first-order valence-corrected chi connectivity index (χ1v) is 12.7. The normalized spacial score (nSPS) is 24.4. The van der Waals surface area contributed by atoms with Crippen molar-refractivity contribution in [3.05, 3.63) is 22.4 Å². The van der Waals surface area contributed by atoms with E-state index in [1.54, 1.807) is 0 Å². The maximum absolute atomic E-state index is 4.99. The molecule has 8 heteroatoms. The highest BCUT2D eigenvalue weighted by Crippen LogP contribution is 2.37. The minimum Gasteiger partial charge on any atom is -0.357 e. The third-order valence-electron chi connectivity index (χ3n) is 6.43. The van der Waals surface area contributed by atoms with Crippen LogP contribution in [0.4, 0.5) is 0 Å². The molecule has 2 N–H and O–H groups in total. The molecule has 2 unspecified atom stereocenters. The second kappa shape index (κ2) is 14.7. The van der Waals surface area contributed by atoms with Crippen molar-refractivity contribution in [3.63, 3.8) is 0 Å². The van der Waals surface area contributed by atoms with E-state index in [1.165, 1.54) is 63.4 Å². The number of halogens is 1. The average molecular weight is 563 g/mol. The zero-order valence-corrected chi connectivity index (χ0v) is 22.8. The van der Waals surface area contributed by atoms with E-state index in [-0.39, 0.29) is 24.0 Å². The molecule has 0 radical (unpaired) electrons. The number of guanidine groups is 1. The number of nitrogens with one attached hydrogen (secondary N) is 2. The summed E-state index contributed by atoms with van der Waals surface area (Å²) in [4.78, 5) is 14.1. The van der Waals surface area contributed by atoms with Crippen LogP contribution in [0.2, 0.25) is 0 Å². The molecule has 0 amide bonds. The van der Waals surface area contributed by atoms with Gasteiger partial charge in [0.05, 0.1) is 0 Å². The fraction of sp³-hybridized carbons (Fsp3) is 0.783. The summed E-state index contributed by atoms with van der Waals surface area (Å²) in [6, 6.07) is 4.97. The largest absolute Gasteiger partial charge is 0.357 e. The van der Waals surface area contributed by atoms with Crippen molar-refractivity contribution in [2.75, 3.05) is 73.0 Å². The van der Waals surface area contributed by atoms with Crippen LogP contribution >= 0.6 is 35.3 Å². The van der Waals surface area contributed by atoms with Crippen molar-refractivity contribution in [1.82, 2.24) is 25.3 Å². The number of hydrogen-bond acceptors (Lipinski definition) is 5. The van der Waals surface area contributed by atoms with Crippen molar-refractivity contribution < 1.29 is 0 Å². The molecule has 0 aromatic carbocycles. The molecular formula is C23H43IN6S. The number of hydrogen-bond donors (Lipinski definition) is 2. The van der Waals surface area contributed by atoms with Gasteiger partial charge in [0, 0.05) is 43.6 Å². The van der Waals surface area contributed by atoms with Crippen molar-refractivity contribution in [3.8, 4) is 0 Å². The van der Waals surface area contributed by atoms with Gasteiger partial charge in [-0.3, -0.25) is 9.89 Å². The van der Waals surface area contributed by atoms with Gasteiger partial charge in [0.15, 0.2) is 5.96 Å². The third-order valence-corrected chi connectivity index (χ3v) is 7.37. The number of piperidine rings is 1. The van der Waals surface area contributed by atoms with E-state index in [4.69, 9.17) is 4.99 Å². The smallest absolute Gasteiger partial charge is 0.191 e. The Balaban J connectivity index is 0.00000341. The summed E-state index contributed by atoms with van der Waals surface area (Å²) in [6.45, 7) is 12.1. The fourth-order valence-corrected chi connectivity index (χ4v) is 5.73. The van der Waals surface area contributed by atoms with Crippen LogP contribution in [0.25, 0.3) is 0 Å². The first-order chi connectivity index (χ1) is 14.7. The van der Waals surface area contributed by atoms with Crippen molar-refractivity contribution in [1.29, 1.82) is 0 Å². The maximum atomic E-state index is 4.99. The highest BCUT2D eigenvalue weighted by Gasteiger charge is 2.31. The summed E-state index contributed by atoms with van der Waals surface area (Å²) in [5, 5.41) is 9.22. The molecule has 1 aromatic heterocycles. The monoisotopic (exact) mass is 562 g/mol. The fourth-order valence-electron chi connectivity index (χ4n) is 4.74. The zero-order valence-electron chi connectivity index (χ0n) is 19.7. The minimum atomic E-state index is 0. The van der Waals surface area contributed by atoms with Gasteiger partial charge < -0.3 is 20.4 Å². The molecule has 2 aliphatic heterocycles. The van der Waals surface area contributed by atoms with E-state index in [1.807, 2.05) is 11.3 Å². The van der Waals surface area contributed by atoms with E-state index in [9.17, 15) is 0 Å². The predicted octanol–water partition coefficient (Wildman–Crippen LogP) is 3.33. The Bertz CT molecular complexity index is 626. The first kappa shape index (κ1) is 26.8. The van der Waals surface area contributed by atoms with Crippen LogP contribution in [0.3, 0.4) is 0 Å². The Kier molecular flexibility index (Phi) is 12.7. The van der Waals surface area contributed by atoms with E-state index < -0.39 is 0 Å². The molecule has 2 atom stereocenters. The molecule has 3 rings (SSSR count). The van der Waals surface area contributed by atoms with Gasteiger partial charge in [-0.1, -0.05) is 6.07 Å². The van der Waals surface area contributed by atoms with Crippen LogP contribution in [0.1, 0.15) is 43.5 Å². The molecule has 2 saturated heterocycles. The molecule has 0 spiro atoms. The molecule has 6 nitrogen and oxygen atoms in total. The number of nitrogens with zero attached hydrogens (tertiary/aromatic N) is 4. The molecule has 0 saturated carbocycles. The highest BCUT2D eigenvalue weighted by molar-refractivity contribution is 14.0. The summed E-state index contributed by atoms with van der Waals surface area (Å²) < 4.78 is 0. The van der Waals surface area contributed by atoms with Gasteiger partial charge in [-0.25, -0.2) is 0 Å². The summed E-state index contributed by atoms with van der Waals surface area (Å²) in [7, 11) is 4.50. The Morgan fingerprint density at radius 1 is 1.13 bits per heavy atom. The Labute approximate surface area is 210 Å². The second-order valence-corrected chi connectivity index (χ2v) is 9.82. The quantitative estimate of drug-likeness (QED) is 0.220. The van der Waals surface area contributed by atoms with Crippen LogP contribution in [0, 0.1) is 5.92 Å². The van der Waals surface area contributed by atoms with Gasteiger partial charge in [0.1, 0.15) is 0 Å². The van der Waals surface area contributed by atoms with E-state index in [0.29, 0.717) is 12.0 Å². The summed E-state index contributed by atoms with van der Waals surface area (Å²) in [5.74, 6) is 1.57. The maximum Gasteiger partial charge on any atom is 0.191 e. The molecule has 3 heterocycles. The van der Waals surface area contributed by atoms with Crippen molar-refractivity contribution in [2.45, 2.75) is 38.6 Å². The zero-order chi connectivity index (χ0) is 21.2. The SMILES string of the molecule is CCNC(=NCC1CCCN(C)C1c1cccs1)NCCCN1CCCN(C)CC1.I. The van der Waals surface area contributed by atoms with E-state index in [2.05, 4.69) is 63.9 Å². The van der Waals surface area contributed by atoms with Gasteiger partial charge >= 0.3 is 0 Å². The van der Waals surface area contributed by atoms with Crippen LogP contribution < -0.4 is 10.6 Å². The number of rotatable bonds is 8. The molecule has 2 fully saturated rings. The average Bonchev–Trinajstić information content (AvgIpc) is 3.18. The standard InChI is InChI=1S/C23H42N6S.HI/c1-4-24-23(25-11-7-14-29-15-8-12-27(2)16-17-29)26-19-20-9-5-13-28(3)22(20)21-10-6-18-30-21;/h6,10,18,20,22H,4-5,7-9,11-17,19H2,1-3H3,(H2,24,25,26);1H. The van der Waals surface area contributed by atoms with Gasteiger partial charge in [-0.15, -0.1) is 35.3 Å². The second-order valence-electron chi connectivity index (χ2n) is 8.84. The van der Waals surface area contributed by atoms with E-state index >= 15 is 0 Å². The van der Waals surface area contributed by atoms with Gasteiger partial charge in [-0.05, 0) is 90.2 Å². The lowest BCUT2D eigenvalue weighted by Gasteiger charge is -2.38. The lowest BCUT2D eigenvalue weighted by Crippen LogP contribution is -2.41. The van der Waals surface area contributed by atoms with Crippen molar-refractivity contribution >= 4 is 41.3 Å². The summed E-state index contributed by atoms with van der Waals surface area (Å²) in [6.07, 6.45) is 4.99. The molecule has 0 aliphatic carbocycles. The molecule has 1 aromatic rings. The van der Waals surface area contributed by atoms with Crippen molar-refractivity contribution in [2.24, 2.45) is 10.9 Å². The molecular weight excluding hydrogens is 519 g/mol. The number of thiophene rings is 1. The van der Waals surface area contributed by atoms with Gasteiger partial charge in [0.2, 0.25) is 0 Å². The summed E-state index contributed by atoms with van der Waals surface area (Å²) in [5.41, 5.74) is 0. The lowest BCUT2D eigenvalue weighted by atomic mass is 9.88. The minimum absolute atomic E-state index is 0. The molecule has 2 aliphatic rings. The third kappa shape index (κ3) is 8.79. The Morgan fingerprint density at radius 3 is 2.77 bits per heavy atom. The van der Waals surface area contributed by atoms with Gasteiger partial charge in [-0.2, -0.15) is 0 Å². The Hall–Kier alpha value is -0.420. The topological polar surface area (TPSA) is 46.1 Å². The molecule has 0 bridgehead atoms. The van der Waals surface area contributed by atoms with Crippen LogP contribution in [0.5, 0.6) is 0 Å². The first-order valence-electron chi connectivity index (χ1n) is 11.8. The number of aliphatic imine (C=N–C) groups is 1. The van der Waals surface area contributed by atoms with Gasteiger partial charge in [0.25, 0.3) is 0 Å². The van der Waals surface area contributed by atoms with Crippen LogP contribution in [-0.2, 0) is 0 Å². The van der Waals surface area contributed by atoms with Crippen LogP contribution in [-0.4, -0.2) is 93.7 Å². The van der Waals surface area contributed by atoms with Crippen LogP contribution in [0.15, 0.2) is 22.5 Å². The molecule has 31 heavy (non-hydrogen) atoms. The predicted molar refractivity (Wildman–Crippen MR) is 145 cm³/mol. The Morgan fingerprint density at radius 2 is 2.00 bits per heavy atom. The highest BCUT2D eigenvalue weighted by atomic mass is 127.